The second kappa shape index (κ2) is 8.61. The van der Waals surface area contributed by atoms with Gasteiger partial charge in [0.1, 0.15) is 5.69 Å². The van der Waals surface area contributed by atoms with Crippen LogP contribution < -0.4 is 16.2 Å². The normalized spacial score (nSPS) is 10.2. The third-order valence-electron chi connectivity index (χ3n) is 3.42. The van der Waals surface area contributed by atoms with E-state index in [1.807, 2.05) is 13.0 Å². The van der Waals surface area contributed by atoms with E-state index in [1.165, 1.54) is 17.1 Å². The molecular weight excluding hydrogens is 308 g/mol. The number of nitrogens with zero attached hydrogens (tertiary/aromatic N) is 2. The van der Waals surface area contributed by atoms with Crippen LogP contribution in [0.4, 0.5) is 5.69 Å². The lowest BCUT2D eigenvalue weighted by molar-refractivity contribution is -0.116. The molecule has 0 fully saturated rings. The number of hydrogen-bond donors (Lipinski definition) is 2. The second-order valence-corrected chi connectivity index (χ2v) is 5.17. The highest BCUT2D eigenvalue weighted by molar-refractivity contribution is 5.94. The topological polar surface area (TPSA) is 93.1 Å². The highest BCUT2D eigenvalue weighted by Gasteiger charge is 2.08. The van der Waals surface area contributed by atoms with Crippen molar-refractivity contribution < 1.29 is 9.59 Å². The second-order valence-electron chi connectivity index (χ2n) is 5.17. The molecule has 0 atom stereocenters. The molecule has 2 rings (SSSR count). The van der Waals surface area contributed by atoms with Crippen LogP contribution in [-0.4, -0.2) is 27.9 Å². The van der Waals surface area contributed by atoms with E-state index in [0.717, 1.165) is 0 Å². The van der Waals surface area contributed by atoms with E-state index in [9.17, 15) is 14.4 Å². The van der Waals surface area contributed by atoms with Crippen molar-refractivity contribution in [2.75, 3.05) is 11.9 Å². The number of hydrogen-bond acceptors (Lipinski definition) is 4. The van der Waals surface area contributed by atoms with Gasteiger partial charge in [0.05, 0.1) is 12.5 Å². The molecule has 0 bridgehead atoms. The summed E-state index contributed by atoms with van der Waals surface area (Å²) in [4.78, 5) is 39.6. The van der Waals surface area contributed by atoms with E-state index in [1.54, 1.807) is 24.3 Å². The van der Waals surface area contributed by atoms with Gasteiger partial charge in [0.15, 0.2) is 0 Å². The number of amides is 2. The van der Waals surface area contributed by atoms with Crippen LogP contribution in [0.2, 0.25) is 0 Å². The molecule has 7 nitrogen and oxygen atoms in total. The Labute approximate surface area is 139 Å². The lowest BCUT2D eigenvalue weighted by Crippen LogP contribution is -2.27. The van der Waals surface area contributed by atoms with Gasteiger partial charge in [-0.05, 0) is 25.5 Å². The van der Waals surface area contributed by atoms with Gasteiger partial charge in [0.2, 0.25) is 5.91 Å². The number of aryl methyl sites for hydroxylation is 1. The summed E-state index contributed by atoms with van der Waals surface area (Å²) in [6, 6.07) is 8.87. The number of aromatic nitrogens is 2. The lowest BCUT2D eigenvalue weighted by atomic mass is 10.2. The molecule has 0 radical (unpaired) electrons. The molecule has 0 saturated carbocycles. The maximum Gasteiger partial charge on any atom is 0.277 e. The summed E-state index contributed by atoms with van der Waals surface area (Å²) >= 11 is 0. The minimum Gasteiger partial charge on any atom is -0.352 e. The number of rotatable bonds is 7. The van der Waals surface area contributed by atoms with Crippen molar-refractivity contribution in [2.24, 2.45) is 0 Å². The van der Waals surface area contributed by atoms with Crippen LogP contribution in [-0.2, 0) is 11.3 Å². The predicted molar refractivity (Wildman–Crippen MR) is 90.8 cm³/mol. The molecule has 0 aliphatic heterocycles. The number of carbonyl (C=O) groups excluding carboxylic acids is 2. The number of anilines is 1. The van der Waals surface area contributed by atoms with Crippen molar-refractivity contribution in [1.29, 1.82) is 0 Å². The van der Waals surface area contributed by atoms with Gasteiger partial charge >= 0.3 is 0 Å². The minimum atomic E-state index is -0.281. The maximum atomic E-state index is 12.0. The van der Waals surface area contributed by atoms with Gasteiger partial charge in [-0.15, -0.1) is 0 Å². The monoisotopic (exact) mass is 328 g/mol. The van der Waals surface area contributed by atoms with Crippen LogP contribution in [0.25, 0.3) is 0 Å². The molecule has 0 spiro atoms. The van der Waals surface area contributed by atoms with E-state index in [-0.39, 0.29) is 29.5 Å². The van der Waals surface area contributed by atoms with Crippen LogP contribution in [0.15, 0.2) is 47.7 Å². The fourth-order valence-electron chi connectivity index (χ4n) is 2.12. The van der Waals surface area contributed by atoms with Crippen molar-refractivity contribution in [1.82, 2.24) is 14.9 Å². The first-order chi connectivity index (χ1) is 11.6. The van der Waals surface area contributed by atoms with E-state index in [4.69, 9.17) is 0 Å². The summed E-state index contributed by atoms with van der Waals surface area (Å²) in [7, 11) is 0. The molecule has 24 heavy (non-hydrogen) atoms. The van der Waals surface area contributed by atoms with Crippen LogP contribution in [0, 0.1) is 0 Å². The zero-order chi connectivity index (χ0) is 17.4. The molecule has 0 unspecified atom stereocenters. The third-order valence-corrected chi connectivity index (χ3v) is 3.42. The number of nitrogens with one attached hydrogen (secondary N) is 2. The molecule has 1 heterocycles. The quantitative estimate of drug-likeness (QED) is 0.752. The van der Waals surface area contributed by atoms with Crippen molar-refractivity contribution in [2.45, 2.75) is 26.3 Å². The molecule has 1 aromatic heterocycles. The van der Waals surface area contributed by atoms with Crippen molar-refractivity contribution in [3.63, 3.8) is 0 Å². The predicted octanol–water partition coefficient (Wildman–Crippen LogP) is 1.41. The van der Waals surface area contributed by atoms with Crippen molar-refractivity contribution >= 4 is 17.5 Å². The Kier molecular flexibility index (Phi) is 6.24. The molecule has 0 saturated heterocycles. The van der Waals surface area contributed by atoms with Crippen LogP contribution in [0.5, 0.6) is 0 Å². The van der Waals surface area contributed by atoms with Crippen LogP contribution in [0.3, 0.4) is 0 Å². The Morgan fingerprint density at radius 2 is 1.96 bits per heavy atom. The SMILES string of the molecule is CCn1cncc(NC(=O)CCCNC(=O)c2ccccc2)c1=O. The Balaban J connectivity index is 1.76. The first-order valence-corrected chi connectivity index (χ1v) is 7.79. The smallest absolute Gasteiger partial charge is 0.277 e. The number of benzene rings is 1. The Bertz CT molecular complexity index is 756. The highest BCUT2D eigenvalue weighted by atomic mass is 16.2. The Morgan fingerprint density at radius 3 is 2.67 bits per heavy atom. The standard InChI is InChI=1S/C17H20N4O3/c1-2-21-12-18-11-14(17(21)24)20-15(22)9-6-10-19-16(23)13-7-4-3-5-8-13/h3-5,7-8,11-12H,2,6,9-10H2,1H3,(H,19,23)(H,20,22). The summed E-state index contributed by atoms with van der Waals surface area (Å²) in [6.07, 6.45) is 3.45. The van der Waals surface area contributed by atoms with Gasteiger partial charge in [-0.2, -0.15) is 0 Å². The maximum absolute atomic E-state index is 12.0. The average Bonchev–Trinajstić information content (AvgIpc) is 2.61. The number of carbonyl (C=O) groups is 2. The fourth-order valence-corrected chi connectivity index (χ4v) is 2.12. The Morgan fingerprint density at radius 1 is 1.21 bits per heavy atom. The van der Waals surface area contributed by atoms with Crippen LogP contribution in [0.1, 0.15) is 30.1 Å². The summed E-state index contributed by atoms with van der Waals surface area (Å²) in [5.74, 6) is -0.453. The van der Waals surface area contributed by atoms with Crippen molar-refractivity contribution in [3.8, 4) is 0 Å². The summed E-state index contributed by atoms with van der Waals surface area (Å²) in [6.45, 7) is 2.69. The lowest BCUT2D eigenvalue weighted by Gasteiger charge is -2.07. The molecular formula is C17H20N4O3. The van der Waals surface area contributed by atoms with Crippen molar-refractivity contribution in [3.05, 3.63) is 58.8 Å². The molecule has 0 aliphatic rings. The minimum absolute atomic E-state index is 0.165. The molecule has 126 valence electrons. The summed E-state index contributed by atoms with van der Waals surface area (Å²) in [5, 5.41) is 5.31. The van der Waals surface area contributed by atoms with E-state index in [2.05, 4.69) is 15.6 Å². The molecule has 2 amide bonds. The molecule has 2 N–H and O–H groups in total. The highest BCUT2D eigenvalue weighted by Crippen LogP contribution is 2.00. The van der Waals surface area contributed by atoms with Crippen LogP contribution >= 0.6 is 0 Å². The van der Waals surface area contributed by atoms with Gasteiger partial charge in [-0.3, -0.25) is 19.0 Å². The van der Waals surface area contributed by atoms with Gasteiger partial charge in [0, 0.05) is 25.1 Å². The zero-order valence-corrected chi connectivity index (χ0v) is 13.5. The van der Waals surface area contributed by atoms with E-state index in [0.29, 0.717) is 25.1 Å². The molecule has 0 aliphatic carbocycles. The largest absolute Gasteiger partial charge is 0.352 e. The third kappa shape index (κ3) is 4.77. The summed E-state index contributed by atoms with van der Waals surface area (Å²) in [5.41, 5.74) is 0.466. The molecule has 2 aromatic rings. The Hall–Kier alpha value is -2.96. The zero-order valence-electron chi connectivity index (χ0n) is 13.5. The van der Waals surface area contributed by atoms with E-state index < -0.39 is 0 Å². The molecule has 1 aromatic carbocycles. The van der Waals surface area contributed by atoms with Gasteiger partial charge in [-0.25, -0.2) is 4.98 Å². The van der Waals surface area contributed by atoms with Gasteiger partial charge in [0.25, 0.3) is 11.5 Å². The average molecular weight is 328 g/mol. The first kappa shape index (κ1) is 17.4. The van der Waals surface area contributed by atoms with E-state index >= 15 is 0 Å². The molecule has 7 heteroatoms. The first-order valence-electron chi connectivity index (χ1n) is 7.79. The summed E-state index contributed by atoms with van der Waals surface area (Å²) < 4.78 is 1.41. The van der Waals surface area contributed by atoms with Gasteiger partial charge in [-0.1, -0.05) is 18.2 Å². The fraction of sp³-hybridized carbons (Fsp3) is 0.294. The van der Waals surface area contributed by atoms with Gasteiger partial charge < -0.3 is 10.6 Å².